The van der Waals surface area contributed by atoms with Crippen LogP contribution in [-0.2, 0) is 84.8 Å². The van der Waals surface area contributed by atoms with Crippen LogP contribution in [0.25, 0.3) is 0 Å². The minimum Gasteiger partial charge on any atom is -0.829 e. The van der Waals surface area contributed by atoms with Crippen molar-refractivity contribution < 1.29 is 79.9 Å². The van der Waals surface area contributed by atoms with E-state index in [-0.39, 0.29) is 51.2 Å². The minimum absolute atomic E-state index is 0. The fourth-order valence-corrected chi connectivity index (χ4v) is 0. The molecule has 0 saturated carbocycles. The van der Waals surface area contributed by atoms with E-state index in [1.165, 1.54) is 0 Å². The van der Waals surface area contributed by atoms with Crippen molar-refractivity contribution in [3.8, 4) is 0 Å². The second-order valence-electron chi connectivity index (χ2n) is 0.894. The van der Waals surface area contributed by atoms with Crippen molar-refractivity contribution in [1.82, 2.24) is 0 Å². The maximum Gasteiger partial charge on any atom is 2.00 e. The zero-order valence-electron chi connectivity index (χ0n) is 5.29. The van der Waals surface area contributed by atoms with Gasteiger partial charge >= 0.3 is 51.2 Å². The number of hydrogen-bond donors (Lipinski definition) is 0. The Morgan fingerprint density at radius 3 is 0.692 bits per heavy atom. The first-order chi connectivity index (χ1) is 4.00. The zero-order chi connectivity index (χ0) is 9.00. The molecule has 0 spiro atoms. The van der Waals surface area contributed by atoms with Gasteiger partial charge in [0.2, 0.25) is 0 Å². The van der Waals surface area contributed by atoms with E-state index in [1.54, 1.807) is 0 Å². The van der Waals surface area contributed by atoms with Gasteiger partial charge in [-0.15, -0.1) is 0 Å². The van der Waals surface area contributed by atoms with Crippen LogP contribution in [-0.4, -0.2) is 0 Å². The molecule has 0 rings (SSSR count). The normalized spacial score (nSPS) is 9.08. The van der Waals surface area contributed by atoms with Crippen molar-refractivity contribution in [3.05, 3.63) is 0 Å². The summed E-state index contributed by atoms with van der Waals surface area (Å²) in [7, 11) is 0. The van der Waals surface area contributed by atoms with E-state index < -0.39 is 13.6 Å². The van der Waals surface area contributed by atoms with Crippen molar-refractivity contribution in [2.75, 3.05) is 0 Å². The SMILES string of the molecule is O=P([O-])([O-])[S-].O=P([O-])([O-])[S-].[Mn+2].[Mn+2].[Mn+2]. The molecule has 0 saturated heterocycles. The molecule has 0 fully saturated rings. The Labute approximate surface area is 117 Å². The van der Waals surface area contributed by atoms with Crippen LogP contribution in [0.15, 0.2) is 0 Å². The van der Waals surface area contributed by atoms with Gasteiger partial charge in [0.05, 0.1) is 0 Å². The molecule has 0 N–H and O–H groups in total. The third kappa shape index (κ3) is 351. The standard InChI is InChI=1S/3Mn.2H3O3PS/c;;;2*1-4(2,3)5/h;;;2*(H3,1,2,3,5)/q3*+2;;/p-6. The van der Waals surface area contributed by atoms with Crippen LogP contribution in [0.2, 0.25) is 0 Å². The van der Waals surface area contributed by atoms with Gasteiger partial charge in [-0.25, -0.2) is 13.6 Å². The molecular formula is Mn3O6P2S2. The Hall–Kier alpha value is 2.56. The molecule has 0 bridgehead atoms. The first kappa shape index (κ1) is 29.6. The second-order valence-corrected chi connectivity index (χ2v) is 5.37. The molecule has 79 valence electrons. The molecule has 0 aliphatic carbocycles. The van der Waals surface area contributed by atoms with Crippen molar-refractivity contribution in [3.63, 3.8) is 0 Å². The molecular weight excluding hydrogens is 387 g/mol. The predicted molar refractivity (Wildman–Crippen MR) is 29.9 cm³/mol. The maximum atomic E-state index is 8.92. The van der Waals surface area contributed by atoms with Crippen LogP contribution in [0.5, 0.6) is 0 Å². The fourth-order valence-electron chi connectivity index (χ4n) is 0. The Bertz CT molecular complexity index is 136. The molecule has 0 aromatic carbocycles. The summed E-state index contributed by atoms with van der Waals surface area (Å²) in [6.45, 7) is -9.11. The van der Waals surface area contributed by atoms with E-state index in [0.717, 1.165) is 0 Å². The topological polar surface area (TPSA) is 126 Å². The maximum absolute atomic E-state index is 8.92. The number of rotatable bonds is 0. The fraction of sp³-hybridized carbons (Fsp3) is 0. The van der Waals surface area contributed by atoms with Crippen LogP contribution in [0.3, 0.4) is 0 Å². The molecule has 0 aromatic rings. The minimum atomic E-state index is -4.56. The molecule has 3 radical (unpaired) electrons. The Morgan fingerprint density at radius 2 is 0.692 bits per heavy atom. The average Bonchev–Trinajstić information content (AvgIpc) is 1.12. The molecule has 0 unspecified atom stereocenters. The van der Waals surface area contributed by atoms with Gasteiger partial charge in [0.25, 0.3) is 0 Å². The van der Waals surface area contributed by atoms with Gasteiger partial charge in [0, 0.05) is 0 Å². The summed E-state index contributed by atoms with van der Waals surface area (Å²) in [6.07, 6.45) is 0. The van der Waals surface area contributed by atoms with E-state index in [4.69, 9.17) is 28.7 Å². The molecule has 13 heavy (non-hydrogen) atoms. The zero-order valence-corrected chi connectivity index (χ0v) is 12.3. The van der Waals surface area contributed by atoms with Crippen molar-refractivity contribution in [1.29, 1.82) is 0 Å². The van der Waals surface area contributed by atoms with Gasteiger partial charge in [-0.3, -0.25) is 0 Å². The Kier molecular flexibility index (Phi) is 28.7. The van der Waals surface area contributed by atoms with Gasteiger partial charge in [0.15, 0.2) is 0 Å². The van der Waals surface area contributed by atoms with Gasteiger partial charge in [-0.1, -0.05) is 0 Å². The van der Waals surface area contributed by atoms with E-state index in [1.807, 2.05) is 0 Å². The van der Waals surface area contributed by atoms with Crippen molar-refractivity contribution in [2.24, 2.45) is 0 Å². The van der Waals surface area contributed by atoms with Gasteiger partial charge in [-0.2, -0.15) is 0 Å². The molecule has 0 amide bonds. The Balaban J connectivity index is -0.0000000267. The van der Waals surface area contributed by atoms with Gasteiger partial charge < -0.3 is 53.2 Å². The molecule has 6 nitrogen and oxygen atoms in total. The van der Waals surface area contributed by atoms with Crippen LogP contribution in [0, 0.1) is 0 Å². The molecule has 13 heteroatoms. The summed E-state index contributed by atoms with van der Waals surface area (Å²) in [6, 6.07) is 0. The van der Waals surface area contributed by atoms with Crippen molar-refractivity contribution >= 4 is 38.1 Å². The van der Waals surface area contributed by atoms with Crippen molar-refractivity contribution in [2.45, 2.75) is 0 Å². The summed E-state index contributed by atoms with van der Waals surface area (Å²) < 4.78 is 17.8. The first-order valence-corrected chi connectivity index (χ1v) is 6.57. The summed E-state index contributed by atoms with van der Waals surface area (Å²) in [5.41, 5.74) is 0. The third-order valence-corrected chi connectivity index (χ3v) is 0. The van der Waals surface area contributed by atoms with E-state index in [2.05, 4.69) is 24.5 Å². The van der Waals surface area contributed by atoms with Crippen LogP contribution in [0.4, 0.5) is 0 Å². The molecule has 0 heterocycles. The van der Waals surface area contributed by atoms with Crippen LogP contribution < -0.4 is 19.6 Å². The summed E-state index contributed by atoms with van der Waals surface area (Å²) in [5.74, 6) is 0. The smallest absolute Gasteiger partial charge is 0.829 e. The molecule has 0 aliphatic rings. The Morgan fingerprint density at radius 1 is 0.692 bits per heavy atom. The van der Waals surface area contributed by atoms with Gasteiger partial charge in [0.1, 0.15) is 0 Å². The van der Waals surface area contributed by atoms with Crippen LogP contribution >= 0.6 is 13.6 Å². The van der Waals surface area contributed by atoms with E-state index >= 15 is 0 Å². The van der Waals surface area contributed by atoms with E-state index in [0.29, 0.717) is 0 Å². The monoisotopic (exact) mass is 387 g/mol. The molecule has 0 aliphatic heterocycles. The second kappa shape index (κ2) is 12.6. The number of hydrogen-bond acceptors (Lipinski definition) is 8. The molecule has 0 aromatic heterocycles. The van der Waals surface area contributed by atoms with Gasteiger partial charge in [-0.05, 0) is 0 Å². The molecule has 0 atom stereocenters. The summed E-state index contributed by atoms with van der Waals surface area (Å²) in [5, 5.41) is 0. The van der Waals surface area contributed by atoms with E-state index in [9.17, 15) is 0 Å². The van der Waals surface area contributed by atoms with Crippen LogP contribution in [0.1, 0.15) is 0 Å². The largest absolute Gasteiger partial charge is 2.00 e. The quantitative estimate of drug-likeness (QED) is 0.241. The first-order valence-electron chi connectivity index (χ1n) is 1.46. The summed E-state index contributed by atoms with van der Waals surface area (Å²) >= 11 is 6.54. The summed E-state index contributed by atoms with van der Waals surface area (Å²) in [4.78, 5) is 35.7. The predicted octanol–water partition coefficient (Wildman–Crippen LogP) is -3.28. The third-order valence-electron chi connectivity index (χ3n) is 0. The average molecular weight is 387 g/mol.